The summed E-state index contributed by atoms with van der Waals surface area (Å²) in [6.45, 7) is 1.95. The van der Waals surface area contributed by atoms with Gasteiger partial charge in [0.1, 0.15) is 6.04 Å². The standard InChI is InChI=1S/C10H12N4O/c1-6-3-4-12-5-7(6)8-9(15)14-10(11-2)13-8/h3-5,8H,1-2H3,(H2,11,13,14,15). The number of aromatic nitrogens is 1. The van der Waals surface area contributed by atoms with Crippen molar-refractivity contribution in [2.24, 2.45) is 4.99 Å². The molecule has 0 radical (unpaired) electrons. The fourth-order valence-electron chi connectivity index (χ4n) is 1.55. The van der Waals surface area contributed by atoms with Gasteiger partial charge in [0.05, 0.1) is 0 Å². The Hall–Kier alpha value is -1.91. The average molecular weight is 204 g/mol. The number of hydrogen-bond acceptors (Lipinski definition) is 3. The van der Waals surface area contributed by atoms with Crippen molar-refractivity contribution in [2.75, 3.05) is 7.05 Å². The molecule has 0 saturated carbocycles. The number of nitrogens with one attached hydrogen (secondary N) is 2. The SMILES string of the molecule is CN=C1NC(=O)C(c2cnccc2C)N1. The number of carbonyl (C=O) groups is 1. The number of nitrogens with zero attached hydrogens (tertiary/aromatic N) is 2. The lowest BCUT2D eigenvalue weighted by Gasteiger charge is -2.09. The highest BCUT2D eigenvalue weighted by Crippen LogP contribution is 2.18. The number of rotatable bonds is 1. The molecule has 5 heteroatoms. The summed E-state index contributed by atoms with van der Waals surface area (Å²) in [7, 11) is 1.63. The van der Waals surface area contributed by atoms with E-state index >= 15 is 0 Å². The predicted octanol–water partition coefficient (Wildman–Crippen LogP) is 0.136. The number of aryl methyl sites for hydroxylation is 1. The molecule has 1 unspecified atom stereocenters. The van der Waals surface area contributed by atoms with Crippen LogP contribution in [-0.2, 0) is 4.79 Å². The molecule has 1 aromatic rings. The topological polar surface area (TPSA) is 66.4 Å². The van der Waals surface area contributed by atoms with E-state index < -0.39 is 0 Å². The third kappa shape index (κ3) is 1.68. The van der Waals surface area contributed by atoms with Gasteiger partial charge >= 0.3 is 0 Å². The summed E-state index contributed by atoms with van der Waals surface area (Å²) in [4.78, 5) is 19.5. The first-order valence-corrected chi connectivity index (χ1v) is 4.67. The Morgan fingerprint density at radius 1 is 1.53 bits per heavy atom. The van der Waals surface area contributed by atoms with Crippen LogP contribution in [0.5, 0.6) is 0 Å². The van der Waals surface area contributed by atoms with Gasteiger partial charge in [-0.1, -0.05) is 0 Å². The lowest BCUT2D eigenvalue weighted by atomic mass is 10.0. The Kier molecular flexibility index (Phi) is 2.37. The molecule has 2 heterocycles. The molecule has 5 nitrogen and oxygen atoms in total. The van der Waals surface area contributed by atoms with E-state index in [1.807, 2.05) is 13.0 Å². The zero-order chi connectivity index (χ0) is 10.8. The van der Waals surface area contributed by atoms with Crippen molar-refractivity contribution in [3.05, 3.63) is 29.6 Å². The number of hydrogen-bond donors (Lipinski definition) is 2. The van der Waals surface area contributed by atoms with E-state index in [0.717, 1.165) is 11.1 Å². The molecule has 1 aliphatic heterocycles. The van der Waals surface area contributed by atoms with Gasteiger partial charge in [0.25, 0.3) is 5.91 Å². The Morgan fingerprint density at radius 2 is 2.33 bits per heavy atom. The van der Waals surface area contributed by atoms with Gasteiger partial charge in [-0.25, -0.2) is 0 Å². The largest absolute Gasteiger partial charge is 0.340 e. The number of guanidine groups is 1. The summed E-state index contributed by atoms with van der Waals surface area (Å²) in [5.41, 5.74) is 1.92. The smallest absolute Gasteiger partial charge is 0.253 e. The summed E-state index contributed by atoms with van der Waals surface area (Å²) < 4.78 is 0. The second-order valence-corrected chi connectivity index (χ2v) is 3.37. The molecule has 1 amide bonds. The van der Waals surface area contributed by atoms with Crippen LogP contribution < -0.4 is 10.6 Å². The van der Waals surface area contributed by atoms with Crippen LogP contribution in [0.25, 0.3) is 0 Å². The van der Waals surface area contributed by atoms with Crippen LogP contribution in [0.15, 0.2) is 23.5 Å². The van der Waals surface area contributed by atoms with Gasteiger partial charge in [0, 0.05) is 25.0 Å². The molecular weight excluding hydrogens is 192 g/mol. The van der Waals surface area contributed by atoms with E-state index in [0.29, 0.717) is 5.96 Å². The Morgan fingerprint density at radius 3 is 2.93 bits per heavy atom. The van der Waals surface area contributed by atoms with E-state index in [1.165, 1.54) is 0 Å². The van der Waals surface area contributed by atoms with E-state index in [1.54, 1.807) is 19.4 Å². The molecule has 1 saturated heterocycles. The first kappa shape index (κ1) is 9.64. The van der Waals surface area contributed by atoms with Crippen molar-refractivity contribution in [3.63, 3.8) is 0 Å². The minimum absolute atomic E-state index is 0.0910. The van der Waals surface area contributed by atoms with Crippen LogP contribution in [0.2, 0.25) is 0 Å². The molecule has 1 aromatic heterocycles. The van der Waals surface area contributed by atoms with Crippen molar-refractivity contribution < 1.29 is 4.79 Å². The van der Waals surface area contributed by atoms with E-state index in [4.69, 9.17) is 0 Å². The molecule has 1 atom stereocenters. The Balaban J connectivity index is 2.33. The number of amides is 1. The second kappa shape index (κ2) is 3.68. The number of carbonyl (C=O) groups excluding carboxylic acids is 1. The Bertz CT molecular complexity index is 427. The van der Waals surface area contributed by atoms with Crippen molar-refractivity contribution in [1.82, 2.24) is 15.6 Å². The fourth-order valence-corrected chi connectivity index (χ4v) is 1.55. The van der Waals surface area contributed by atoms with Gasteiger partial charge in [-0.05, 0) is 18.6 Å². The summed E-state index contributed by atoms with van der Waals surface area (Å²) >= 11 is 0. The average Bonchev–Trinajstić information content (AvgIpc) is 2.60. The number of aliphatic imine (C=N–C) groups is 1. The zero-order valence-electron chi connectivity index (χ0n) is 8.61. The fraction of sp³-hybridized carbons (Fsp3) is 0.300. The predicted molar refractivity (Wildman–Crippen MR) is 56.4 cm³/mol. The third-order valence-electron chi connectivity index (χ3n) is 2.40. The van der Waals surface area contributed by atoms with Crippen molar-refractivity contribution in [1.29, 1.82) is 0 Å². The lowest BCUT2D eigenvalue weighted by Crippen LogP contribution is -2.24. The quantitative estimate of drug-likeness (QED) is 0.683. The van der Waals surface area contributed by atoms with Crippen LogP contribution in [0.3, 0.4) is 0 Å². The van der Waals surface area contributed by atoms with Crippen LogP contribution in [0, 0.1) is 6.92 Å². The van der Waals surface area contributed by atoms with Gasteiger partial charge < -0.3 is 5.32 Å². The highest BCUT2D eigenvalue weighted by atomic mass is 16.2. The highest BCUT2D eigenvalue weighted by Gasteiger charge is 2.30. The normalized spacial score (nSPS) is 22.7. The monoisotopic (exact) mass is 204 g/mol. The van der Waals surface area contributed by atoms with Crippen LogP contribution in [0.4, 0.5) is 0 Å². The third-order valence-corrected chi connectivity index (χ3v) is 2.40. The summed E-state index contributed by atoms with van der Waals surface area (Å²) in [5, 5.41) is 5.65. The molecule has 1 aliphatic rings. The van der Waals surface area contributed by atoms with Gasteiger partial charge in [0.15, 0.2) is 5.96 Å². The molecule has 0 bridgehead atoms. The molecule has 2 rings (SSSR count). The van der Waals surface area contributed by atoms with Crippen LogP contribution in [0.1, 0.15) is 17.2 Å². The molecule has 0 aromatic carbocycles. The van der Waals surface area contributed by atoms with Crippen LogP contribution >= 0.6 is 0 Å². The van der Waals surface area contributed by atoms with Gasteiger partial charge in [-0.15, -0.1) is 0 Å². The minimum atomic E-state index is -0.377. The van der Waals surface area contributed by atoms with Crippen molar-refractivity contribution in [3.8, 4) is 0 Å². The molecule has 78 valence electrons. The van der Waals surface area contributed by atoms with E-state index in [2.05, 4.69) is 20.6 Å². The van der Waals surface area contributed by atoms with Crippen molar-refractivity contribution >= 4 is 11.9 Å². The van der Waals surface area contributed by atoms with E-state index in [-0.39, 0.29) is 11.9 Å². The molecule has 2 N–H and O–H groups in total. The minimum Gasteiger partial charge on any atom is -0.340 e. The highest BCUT2D eigenvalue weighted by molar-refractivity contribution is 6.06. The zero-order valence-corrected chi connectivity index (χ0v) is 8.61. The van der Waals surface area contributed by atoms with Gasteiger partial charge in [0.2, 0.25) is 0 Å². The van der Waals surface area contributed by atoms with E-state index in [9.17, 15) is 4.79 Å². The molecule has 0 spiro atoms. The molecular formula is C10H12N4O. The maximum Gasteiger partial charge on any atom is 0.253 e. The first-order chi connectivity index (χ1) is 7.22. The maximum absolute atomic E-state index is 11.6. The lowest BCUT2D eigenvalue weighted by molar-refractivity contribution is -0.120. The Labute approximate surface area is 87.6 Å². The summed E-state index contributed by atoms with van der Waals surface area (Å²) in [6, 6.07) is 1.50. The maximum atomic E-state index is 11.6. The summed E-state index contributed by atoms with van der Waals surface area (Å²) in [6.07, 6.45) is 3.41. The van der Waals surface area contributed by atoms with Crippen molar-refractivity contribution in [2.45, 2.75) is 13.0 Å². The van der Waals surface area contributed by atoms with Crippen LogP contribution in [-0.4, -0.2) is 23.9 Å². The number of pyridine rings is 1. The molecule has 15 heavy (non-hydrogen) atoms. The summed E-state index contributed by atoms with van der Waals surface area (Å²) in [5.74, 6) is 0.417. The molecule has 1 fully saturated rings. The van der Waals surface area contributed by atoms with Gasteiger partial charge in [-0.3, -0.25) is 20.1 Å². The van der Waals surface area contributed by atoms with Gasteiger partial charge in [-0.2, -0.15) is 0 Å². The first-order valence-electron chi connectivity index (χ1n) is 4.67. The molecule has 0 aliphatic carbocycles. The second-order valence-electron chi connectivity index (χ2n) is 3.37.